The molecule has 0 N–H and O–H groups in total. The van der Waals surface area contributed by atoms with Crippen LogP contribution in [0.15, 0.2) is 46.2 Å². The first kappa shape index (κ1) is 11.1. The van der Waals surface area contributed by atoms with Gasteiger partial charge in [-0.15, -0.1) is 0 Å². The van der Waals surface area contributed by atoms with Gasteiger partial charge in [0.2, 0.25) is 0 Å². The van der Waals surface area contributed by atoms with Gasteiger partial charge in [-0.2, -0.15) is 0 Å². The Morgan fingerprint density at radius 3 is 2.61 bits per heavy atom. The van der Waals surface area contributed by atoms with Crippen molar-refractivity contribution in [3.05, 3.63) is 58.0 Å². The van der Waals surface area contributed by atoms with Crippen molar-refractivity contribution in [3.63, 3.8) is 0 Å². The maximum Gasteiger partial charge on any atom is 0.133 e. The summed E-state index contributed by atoms with van der Waals surface area (Å²) in [7, 11) is -1.22. The minimum atomic E-state index is -1.22. The zero-order chi connectivity index (χ0) is 12.7. The number of carbonyl (C=O) groups excluding carboxylic acids is 1. The lowest BCUT2D eigenvalue weighted by atomic mass is 10.1. The van der Waals surface area contributed by atoms with Crippen LogP contribution < -0.4 is 10.4 Å². The first-order valence-corrected chi connectivity index (χ1v) is 6.74. The van der Waals surface area contributed by atoms with Crippen molar-refractivity contribution in [1.29, 1.82) is 0 Å². The zero-order valence-electron chi connectivity index (χ0n) is 9.77. The highest BCUT2D eigenvalue weighted by Gasteiger charge is 2.17. The fourth-order valence-corrected chi connectivity index (χ4v) is 3.52. The molecule has 0 saturated heterocycles. The Hall–Kier alpha value is -1.96. The first-order valence-electron chi connectivity index (χ1n) is 5.59. The summed E-state index contributed by atoms with van der Waals surface area (Å²) in [6, 6.07) is 11.2. The van der Waals surface area contributed by atoms with Crippen molar-refractivity contribution >= 4 is 22.8 Å². The van der Waals surface area contributed by atoms with Crippen molar-refractivity contribution in [1.82, 2.24) is 0 Å². The summed E-state index contributed by atoms with van der Waals surface area (Å²) < 4.78 is 12.4. The molecule has 0 amide bonds. The maximum atomic E-state index is 12.4. The number of rotatable bonds is 0. The number of benzene rings is 2. The van der Waals surface area contributed by atoms with E-state index in [-0.39, 0.29) is 0 Å². The third-order valence-electron chi connectivity index (χ3n) is 3.13. The van der Waals surface area contributed by atoms with Crippen LogP contribution in [0.5, 0.6) is 0 Å². The quantitative estimate of drug-likeness (QED) is 0.595. The van der Waals surface area contributed by atoms with E-state index in [0.29, 0.717) is 10.1 Å². The number of fused-ring (bicyclic) bond motifs is 2. The van der Waals surface area contributed by atoms with Gasteiger partial charge in [-0.05, 0) is 36.3 Å². The summed E-state index contributed by atoms with van der Waals surface area (Å²) in [6.45, 7) is 1.86. The van der Waals surface area contributed by atoms with E-state index in [2.05, 4.69) is 0 Å². The van der Waals surface area contributed by atoms with Crippen LogP contribution in [0.25, 0.3) is 6.08 Å². The fraction of sp³-hybridized carbons (Fsp3) is 0.0667. The highest BCUT2D eigenvalue weighted by molar-refractivity contribution is 7.85. The number of aryl methyl sites for hydroxylation is 1. The van der Waals surface area contributed by atoms with Crippen molar-refractivity contribution in [2.45, 2.75) is 16.7 Å². The average Bonchev–Trinajstić information content (AvgIpc) is 2.39. The molecule has 2 nitrogen and oxygen atoms in total. The van der Waals surface area contributed by atoms with E-state index in [1.165, 1.54) is 0 Å². The van der Waals surface area contributed by atoms with Crippen molar-refractivity contribution in [3.8, 4) is 0 Å². The predicted molar refractivity (Wildman–Crippen MR) is 69.9 cm³/mol. The summed E-state index contributed by atoms with van der Waals surface area (Å²) in [5.41, 5.74) is 1.77. The molecule has 18 heavy (non-hydrogen) atoms. The van der Waals surface area contributed by atoms with E-state index >= 15 is 0 Å². The van der Waals surface area contributed by atoms with Crippen LogP contribution in [0.2, 0.25) is 0 Å². The van der Waals surface area contributed by atoms with Gasteiger partial charge in [0, 0.05) is 5.22 Å². The molecule has 1 aliphatic rings. The summed E-state index contributed by atoms with van der Waals surface area (Å²) in [5.74, 6) is 1.96. The normalized spacial score (nSPS) is 16.2. The molecule has 0 spiro atoms. The Balaban J connectivity index is 2.55. The third kappa shape index (κ3) is 1.49. The lowest BCUT2D eigenvalue weighted by Gasteiger charge is -2.13. The molecular formula is C15H10O2S. The predicted octanol–water partition coefficient (Wildman–Crippen LogP) is 0.807. The summed E-state index contributed by atoms with van der Waals surface area (Å²) in [4.78, 5) is 12.6. The van der Waals surface area contributed by atoms with E-state index < -0.39 is 10.8 Å². The van der Waals surface area contributed by atoms with Crippen LogP contribution in [0, 0.1) is 6.92 Å². The molecule has 1 heterocycles. The van der Waals surface area contributed by atoms with Gasteiger partial charge in [0.25, 0.3) is 0 Å². The monoisotopic (exact) mass is 254 g/mol. The van der Waals surface area contributed by atoms with Gasteiger partial charge in [-0.25, -0.2) is 9.00 Å². The Kier molecular flexibility index (Phi) is 2.51. The zero-order valence-corrected chi connectivity index (χ0v) is 10.6. The SMILES string of the molecule is Cc1ccc2c(c1=C=O)=Cc1ccccc1S2=O. The van der Waals surface area contributed by atoms with E-state index in [1.54, 1.807) is 0 Å². The highest BCUT2D eigenvalue weighted by atomic mass is 32.2. The van der Waals surface area contributed by atoms with E-state index in [1.807, 2.05) is 55.3 Å². The van der Waals surface area contributed by atoms with Gasteiger partial charge in [-0.1, -0.05) is 24.3 Å². The molecular weight excluding hydrogens is 244 g/mol. The molecule has 1 atom stereocenters. The molecule has 0 saturated carbocycles. The standard InChI is InChI=1S/C15H10O2S/c1-10-6-7-15-12(13(10)9-16)8-11-4-2-3-5-14(11)18(15)17/h2-8H,1H3. The lowest BCUT2D eigenvalue weighted by Crippen LogP contribution is -2.34. The van der Waals surface area contributed by atoms with Crippen molar-refractivity contribution in [2.24, 2.45) is 0 Å². The van der Waals surface area contributed by atoms with Gasteiger partial charge >= 0.3 is 0 Å². The Morgan fingerprint density at radius 1 is 1.06 bits per heavy atom. The van der Waals surface area contributed by atoms with Crippen LogP contribution in [0.1, 0.15) is 11.1 Å². The number of hydrogen-bond acceptors (Lipinski definition) is 2. The van der Waals surface area contributed by atoms with Crippen LogP contribution in [-0.4, -0.2) is 10.2 Å². The van der Waals surface area contributed by atoms with E-state index in [9.17, 15) is 9.00 Å². The highest BCUT2D eigenvalue weighted by Crippen LogP contribution is 2.21. The van der Waals surface area contributed by atoms with Gasteiger partial charge in [-0.3, -0.25) is 0 Å². The number of hydrogen-bond donors (Lipinski definition) is 0. The molecule has 3 heteroatoms. The topological polar surface area (TPSA) is 34.1 Å². The minimum Gasteiger partial charge on any atom is -0.249 e. The molecule has 1 aliphatic heterocycles. The molecule has 3 rings (SSSR count). The second kappa shape index (κ2) is 4.05. The van der Waals surface area contributed by atoms with Crippen LogP contribution >= 0.6 is 0 Å². The molecule has 2 aromatic carbocycles. The molecule has 2 aromatic rings. The average molecular weight is 254 g/mol. The molecule has 0 bridgehead atoms. The Labute approximate surface area is 107 Å². The second-order valence-corrected chi connectivity index (χ2v) is 5.64. The molecule has 88 valence electrons. The van der Waals surface area contributed by atoms with E-state index in [4.69, 9.17) is 0 Å². The second-order valence-electron chi connectivity index (χ2n) is 4.22. The van der Waals surface area contributed by atoms with Crippen LogP contribution in [-0.2, 0) is 15.6 Å². The van der Waals surface area contributed by atoms with Crippen LogP contribution in [0.3, 0.4) is 0 Å². The van der Waals surface area contributed by atoms with Crippen molar-refractivity contribution in [2.75, 3.05) is 0 Å². The summed E-state index contributed by atoms with van der Waals surface area (Å²) in [5, 5.41) is 1.25. The Morgan fingerprint density at radius 2 is 1.83 bits per heavy atom. The minimum absolute atomic E-state index is 0.510. The summed E-state index contributed by atoms with van der Waals surface area (Å²) in [6.07, 6.45) is 1.92. The largest absolute Gasteiger partial charge is 0.249 e. The fourth-order valence-electron chi connectivity index (χ4n) is 2.19. The molecule has 1 unspecified atom stereocenters. The van der Waals surface area contributed by atoms with Crippen LogP contribution in [0.4, 0.5) is 0 Å². The van der Waals surface area contributed by atoms with Crippen molar-refractivity contribution < 1.29 is 9.00 Å². The summed E-state index contributed by atoms with van der Waals surface area (Å²) >= 11 is 0. The Bertz CT molecular complexity index is 815. The molecule has 0 aromatic heterocycles. The lowest BCUT2D eigenvalue weighted by molar-refractivity contribution is 0.567. The molecule has 0 fully saturated rings. The van der Waals surface area contributed by atoms with Gasteiger partial charge in [0.15, 0.2) is 0 Å². The van der Waals surface area contributed by atoms with Gasteiger partial charge in [0.1, 0.15) is 5.94 Å². The molecule has 0 radical (unpaired) electrons. The molecule has 0 aliphatic carbocycles. The third-order valence-corrected chi connectivity index (χ3v) is 4.66. The van der Waals surface area contributed by atoms with Gasteiger partial charge in [0.05, 0.1) is 25.8 Å². The van der Waals surface area contributed by atoms with Gasteiger partial charge < -0.3 is 0 Å². The smallest absolute Gasteiger partial charge is 0.133 e. The van der Waals surface area contributed by atoms with E-state index in [0.717, 1.165) is 21.2 Å². The maximum absolute atomic E-state index is 12.4. The first-order chi connectivity index (χ1) is 8.72.